The van der Waals surface area contributed by atoms with Gasteiger partial charge in [-0.15, -0.1) is 0 Å². The average Bonchev–Trinajstić information content (AvgIpc) is 2.64. The molecule has 164 valence electrons. The molecular weight excluding hydrogens is 372 g/mol. The van der Waals surface area contributed by atoms with Gasteiger partial charge in [0, 0.05) is 38.3 Å². The fourth-order valence-corrected chi connectivity index (χ4v) is 2.62. The third-order valence-electron chi connectivity index (χ3n) is 4.07. The van der Waals surface area contributed by atoms with Crippen molar-refractivity contribution >= 4 is 39.3 Å². The van der Waals surface area contributed by atoms with Gasteiger partial charge in [-0.05, 0) is 26.5 Å². The molecule has 0 heterocycles. The highest BCUT2D eigenvalue weighted by molar-refractivity contribution is 6.20. The maximum absolute atomic E-state index is 12.3. The number of carbonyl (C=O) groups is 4. The molecule has 9 nitrogen and oxygen atoms in total. The van der Waals surface area contributed by atoms with Crippen molar-refractivity contribution in [2.45, 2.75) is 52.4 Å². The average molecular weight is 409 g/mol. The molecule has 0 aromatic carbocycles. The third kappa shape index (κ3) is 12.9. The summed E-state index contributed by atoms with van der Waals surface area (Å²) in [6, 6.07) is 0.297. The number of hydrogen-bond donors (Lipinski definition) is 3. The van der Waals surface area contributed by atoms with Gasteiger partial charge >= 0.3 is 0 Å². The van der Waals surface area contributed by atoms with Crippen LogP contribution in [0.3, 0.4) is 0 Å². The molecule has 11 heteroatoms. The lowest BCUT2D eigenvalue weighted by atomic mass is 10.0. The Hall–Kier alpha value is -2.03. The fraction of sp³-hybridized carbons (Fsp3) is 0.778. The highest BCUT2D eigenvalue weighted by Crippen LogP contribution is 1.95. The number of nitrogens with one attached hydrogen (secondary N) is 3. The summed E-state index contributed by atoms with van der Waals surface area (Å²) < 4.78 is 0. The molecule has 4 amide bonds. The molecule has 29 heavy (non-hydrogen) atoms. The monoisotopic (exact) mass is 409 g/mol. The van der Waals surface area contributed by atoms with Crippen molar-refractivity contribution in [3.8, 4) is 0 Å². The fourth-order valence-electron chi connectivity index (χ4n) is 2.62. The quantitative estimate of drug-likeness (QED) is 0.272. The minimum Gasteiger partial charge on any atom is -0.353 e. The summed E-state index contributed by atoms with van der Waals surface area (Å²) in [7, 11) is 3.49. The molecule has 0 unspecified atom stereocenters. The second-order valence-corrected chi connectivity index (χ2v) is 7.52. The van der Waals surface area contributed by atoms with Crippen LogP contribution < -0.4 is 16.0 Å². The largest absolute Gasteiger partial charge is 0.353 e. The second kappa shape index (κ2) is 14.9. The van der Waals surface area contributed by atoms with Crippen molar-refractivity contribution in [3.05, 3.63) is 0 Å². The molecule has 0 rings (SSSR count). The minimum atomic E-state index is -0.285. The van der Waals surface area contributed by atoms with E-state index in [-0.39, 0.29) is 62.2 Å². The lowest BCUT2D eigenvalue weighted by molar-refractivity contribution is -0.135. The summed E-state index contributed by atoms with van der Waals surface area (Å²) in [5.41, 5.74) is 0. The van der Waals surface area contributed by atoms with Crippen LogP contribution in [-0.2, 0) is 19.2 Å². The standard InChI is InChI=1S/C18H37B2N5O4/c1-13(2)21-5-7-24(17(28)9-19)11-15(26)22-6-8-25(18(29)10-20)12-16(27)23-14(3)4/h13-14,21H,5-12,19-20H2,1-4H3,(H,22,26)(H,23,27). The van der Waals surface area contributed by atoms with Crippen LogP contribution >= 0.6 is 0 Å². The molecular formula is C18H37B2N5O4. The van der Waals surface area contributed by atoms with Gasteiger partial charge in [-0.25, -0.2) is 0 Å². The van der Waals surface area contributed by atoms with Gasteiger partial charge in [0.25, 0.3) is 0 Å². The Bertz CT molecular complexity index is 546. The number of amides is 4. The zero-order chi connectivity index (χ0) is 22.4. The molecule has 0 aliphatic carbocycles. The van der Waals surface area contributed by atoms with E-state index in [1.807, 2.05) is 27.7 Å². The van der Waals surface area contributed by atoms with Crippen molar-refractivity contribution in [3.63, 3.8) is 0 Å². The summed E-state index contributed by atoms with van der Waals surface area (Å²) >= 11 is 0. The van der Waals surface area contributed by atoms with Gasteiger partial charge < -0.3 is 25.8 Å². The minimum absolute atomic E-state index is 0.00643. The van der Waals surface area contributed by atoms with Gasteiger partial charge in [0.2, 0.25) is 23.6 Å². The smallest absolute Gasteiger partial charge is 0.239 e. The first-order valence-corrected chi connectivity index (χ1v) is 10.5. The summed E-state index contributed by atoms with van der Waals surface area (Å²) in [5, 5.41) is 8.72. The second-order valence-electron chi connectivity index (χ2n) is 7.52. The zero-order valence-electron chi connectivity index (χ0n) is 18.8. The normalized spacial score (nSPS) is 10.7. The Morgan fingerprint density at radius 2 is 1.24 bits per heavy atom. The first kappa shape index (κ1) is 27.0. The third-order valence-corrected chi connectivity index (χ3v) is 4.07. The Morgan fingerprint density at radius 1 is 0.759 bits per heavy atom. The van der Waals surface area contributed by atoms with Crippen molar-refractivity contribution < 1.29 is 19.2 Å². The van der Waals surface area contributed by atoms with Crippen molar-refractivity contribution in [2.75, 3.05) is 39.3 Å². The summed E-state index contributed by atoms with van der Waals surface area (Å²) in [6.07, 6.45) is 0.614. The van der Waals surface area contributed by atoms with Gasteiger partial charge in [-0.3, -0.25) is 19.2 Å². The van der Waals surface area contributed by atoms with E-state index < -0.39 is 0 Å². The van der Waals surface area contributed by atoms with Crippen LogP contribution in [0.15, 0.2) is 0 Å². The molecule has 0 saturated heterocycles. The Balaban J connectivity index is 4.58. The van der Waals surface area contributed by atoms with Crippen LogP contribution in [0.2, 0.25) is 12.6 Å². The van der Waals surface area contributed by atoms with Gasteiger partial charge in [0.1, 0.15) is 15.7 Å². The number of rotatable bonds is 14. The molecule has 0 radical (unpaired) electrons. The van der Waals surface area contributed by atoms with Crippen LogP contribution in [0.4, 0.5) is 0 Å². The van der Waals surface area contributed by atoms with Crippen LogP contribution in [0.25, 0.3) is 0 Å². The first-order chi connectivity index (χ1) is 13.6. The lowest BCUT2D eigenvalue weighted by Gasteiger charge is -2.24. The number of nitrogens with zero attached hydrogens (tertiary/aromatic N) is 2. The molecule has 0 aliphatic heterocycles. The van der Waals surface area contributed by atoms with E-state index >= 15 is 0 Å². The summed E-state index contributed by atoms with van der Waals surface area (Å²) in [5.74, 6) is -0.753. The maximum Gasteiger partial charge on any atom is 0.239 e. The molecule has 3 N–H and O–H groups in total. The Labute approximate surface area is 176 Å². The topological polar surface area (TPSA) is 111 Å². The van der Waals surface area contributed by atoms with Crippen LogP contribution in [0.5, 0.6) is 0 Å². The van der Waals surface area contributed by atoms with Gasteiger partial charge in [-0.1, -0.05) is 13.8 Å². The molecule has 0 spiro atoms. The van der Waals surface area contributed by atoms with Crippen molar-refractivity contribution in [1.82, 2.24) is 25.8 Å². The molecule has 0 atom stereocenters. The van der Waals surface area contributed by atoms with Gasteiger partial charge in [0.15, 0.2) is 0 Å². The lowest BCUT2D eigenvalue weighted by Crippen LogP contribution is -2.47. The van der Waals surface area contributed by atoms with E-state index in [9.17, 15) is 19.2 Å². The van der Waals surface area contributed by atoms with E-state index in [2.05, 4.69) is 16.0 Å². The Morgan fingerprint density at radius 3 is 1.69 bits per heavy atom. The van der Waals surface area contributed by atoms with Gasteiger partial charge in [-0.2, -0.15) is 0 Å². The SMILES string of the molecule is BCC(=O)N(CCNC(C)C)CC(=O)NCCN(CC(=O)NC(C)C)C(=O)CB. The first-order valence-electron chi connectivity index (χ1n) is 10.5. The van der Waals surface area contributed by atoms with Gasteiger partial charge in [0.05, 0.1) is 13.1 Å². The molecule has 0 bridgehead atoms. The highest BCUT2D eigenvalue weighted by atomic mass is 16.2. The van der Waals surface area contributed by atoms with E-state index in [0.717, 1.165) is 0 Å². The summed E-state index contributed by atoms with van der Waals surface area (Å²) in [6.45, 7) is 9.19. The predicted molar refractivity (Wildman–Crippen MR) is 119 cm³/mol. The van der Waals surface area contributed by atoms with E-state index in [1.165, 1.54) is 9.80 Å². The van der Waals surface area contributed by atoms with E-state index in [4.69, 9.17) is 0 Å². The van der Waals surface area contributed by atoms with E-state index in [1.54, 1.807) is 15.7 Å². The van der Waals surface area contributed by atoms with Crippen LogP contribution in [0.1, 0.15) is 27.7 Å². The maximum atomic E-state index is 12.3. The Kier molecular flexibility index (Phi) is 13.9. The molecule has 0 aromatic heterocycles. The number of hydrogen-bond acceptors (Lipinski definition) is 5. The zero-order valence-corrected chi connectivity index (χ0v) is 18.8. The molecule has 0 fully saturated rings. The summed E-state index contributed by atoms with van der Waals surface area (Å²) in [4.78, 5) is 51.3. The highest BCUT2D eigenvalue weighted by Gasteiger charge is 2.18. The predicted octanol–water partition coefficient (Wildman–Crippen LogP) is -2.61. The van der Waals surface area contributed by atoms with E-state index in [0.29, 0.717) is 25.5 Å². The molecule has 0 saturated carbocycles. The molecule has 0 aromatic rings. The van der Waals surface area contributed by atoms with Crippen molar-refractivity contribution in [2.24, 2.45) is 0 Å². The number of carbonyl (C=O) groups excluding carboxylic acids is 4. The van der Waals surface area contributed by atoms with Crippen LogP contribution in [0, 0.1) is 0 Å². The van der Waals surface area contributed by atoms with Crippen molar-refractivity contribution in [1.29, 1.82) is 0 Å². The van der Waals surface area contributed by atoms with Crippen LogP contribution in [-0.4, -0.2) is 100 Å². The molecule has 0 aliphatic rings.